The van der Waals surface area contributed by atoms with Crippen molar-refractivity contribution in [1.29, 1.82) is 0 Å². The summed E-state index contributed by atoms with van der Waals surface area (Å²) in [5.74, 6) is 0.0231. The summed E-state index contributed by atoms with van der Waals surface area (Å²) in [6.45, 7) is 2.93. The summed E-state index contributed by atoms with van der Waals surface area (Å²) in [4.78, 5) is 25.0. The molecule has 1 aliphatic heterocycles. The molecule has 0 radical (unpaired) electrons. The lowest BCUT2D eigenvalue weighted by atomic mass is 9.92. The minimum atomic E-state index is -0.473. The number of amides is 1. The van der Waals surface area contributed by atoms with Gasteiger partial charge in [-0.1, -0.05) is 12.1 Å². The first-order chi connectivity index (χ1) is 12.0. The predicted molar refractivity (Wildman–Crippen MR) is 90.5 cm³/mol. The SMILES string of the molecule is CC(O)C1CCN(C(=O)c2ccn(-c3ccccc3[N+](=O)[O-])n2)CC1. The molecular formula is C17H20N4O4. The number of nitrogens with zero attached hydrogens (tertiary/aromatic N) is 4. The minimum Gasteiger partial charge on any atom is -0.393 e. The maximum absolute atomic E-state index is 12.6. The van der Waals surface area contributed by atoms with Gasteiger partial charge in [0.1, 0.15) is 5.69 Å². The molecule has 132 valence electrons. The number of aliphatic hydroxyl groups excluding tert-OH is 1. The van der Waals surface area contributed by atoms with E-state index in [2.05, 4.69) is 5.10 Å². The predicted octanol–water partition coefficient (Wildman–Crippen LogP) is 2.01. The van der Waals surface area contributed by atoms with Crippen LogP contribution in [0, 0.1) is 16.0 Å². The Morgan fingerprint density at radius 1 is 1.32 bits per heavy atom. The van der Waals surface area contributed by atoms with Crippen molar-refractivity contribution in [3.05, 3.63) is 52.3 Å². The van der Waals surface area contributed by atoms with Crippen LogP contribution >= 0.6 is 0 Å². The lowest BCUT2D eigenvalue weighted by Crippen LogP contribution is -2.40. The van der Waals surface area contributed by atoms with Crippen molar-refractivity contribution in [2.24, 2.45) is 5.92 Å². The second-order valence-electron chi connectivity index (χ2n) is 6.26. The molecule has 0 aliphatic carbocycles. The van der Waals surface area contributed by atoms with E-state index in [1.165, 1.54) is 10.7 Å². The van der Waals surface area contributed by atoms with Crippen LogP contribution < -0.4 is 0 Å². The average Bonchev–Trinajstić information content (AvgIpc) is 3.11. The number of aliphatic hydroxyl groups is 1. The van der Waals surface area contributed by atoms with Gasteiger partial charge in [-0.25, -0.2) is 4.68 Å². The number of piperidine rings is 1. The Morgan fingerprint density at radius 2 is 2.00 bits per heavy atom. The van der Waals surface area contributed by atoms with Crippen LogP contribution in [0.5, 0.6) is 0 Å². The van der Waals surface area contributed by atoms with E-state index >= 15 is 0 Å². The molecule has 3 rings (SSSR count). The molecular weight excluding hydrogens is 324 g/mol. The molecule has 1 aromatic carbocycles. The molecule has 0 bridgehead atoms. The first-order valence-electron chi connectivity index (χ1n) is 8.24. The number of rotatable bonds is 4. The molecule has 1 unspecified atom stereocenters. The van der Waals surface area contributed by atoms with E-state index < -0.39 is 4.92 Å². The third-order valence-electron chi connectivity index (χ3n) is 4.64. The highest BCUT2D eigenvalue weighted by Gasteiger charge is 2.27. The van der Waals surface area contributed by atoms with Crippen molar-refractivity contribution >= 4 is 11.6 Å². The highest BCUT2D eigenvalue weighted by molar-refractivity contribution is 5.92. The zero-order valence-electron chi connectivity index (χ0n) is 13.9. The van der Waals surface area contributed by atoms with Crippen LogP contribution in [0.15, 0.2) is 36.5 Å². The molecule has 25 heavy (non-hydrogen) atoms. The molecule has 1 aliphatic rings. The summed E-state index contributed by atoms with van der Waals surface area (Å²) in [5, 5.41) is 25.0. The van der Waals surface area contributed by atoms with Gasteiger partial charge in [-0.05, 0) is 37.8 Å². The summed E-state index contributed by atoms with van der Waals surface area (Å²) in [7, 11) is 0. The zero-order chi connectivity index (χ0) is 18.0. The summed E-state index contributed by atoms with van der Waals surface area (Å²) in [5.41, 5.74) is 0.510. The second kappa shape index (κ2) is 7.02. The van der Waals surface area contributed by atoms with Crippen molar-refractivity contribution < 1.29 is 14.8 Å². The molecule has 0 spiro atoms. The lowest BCUT2D eigenvalue weighted by molar-refractivity contribution is -0.384. The third kappa shape index (κ3) is 3.53. The summed E-state index contributed by atoms with van der Waals surface area (Å²) in [6.07, 6.45) is 2.70. The summed E-state index contributed by atoms with van der Waals surface area (Å²) in [6, 6.07) is 7.84. The molecule has 1 atom stereocenters. The van der Waals surface area contributed by atoms with Crippen LogP contribution in [-0.2, 0) is 0 Å². The highest BCUT2D eigenvalue weighted by Crippen LogP contribution is 2.23. The Morgan fingerprint density at radius 3 is 2.64 bits per heavy atom. The van der Waals surface area contributed by atoms with Crippen molar-refractivity contribution in [3.8, 4) is 5.69 Å². The van der Waals surface area contributed by atoms with Crippen LogP contribution in [0.4, 0.5) is 5.69 Å². The van der Waals surface area contributed by atoms with Crippen LogP contribution in [0.25, 0.3) is 5.69 Å². The van der Waals surface area contributed by atoms with E-state index in [4.69, 9.17) is 0 Å². The number of nitro benzene ring substituents is 1. The lowest BCUT2D eigenvalue weighted by Gasteiger charge is -2.32. The normalized spacial score (nSPS) is 16.6. The number of hydrogen-bond donors (Lipinski definition) is 1. The Hall–Kier alpha value is -2.74. The van der Waals surface area contributed by atoms with E-state index in [1.54, 1.807) is 42.3 Å². The molecule has 1 saturated heterocycles. The van der Waals surface area contributed by atoms with Crippen molar-refractivity contribution in [1.82, 2.24) is 14.7 Å². The standard InChI is InChI=1S/C17H20N4O4/c1-12(22)13-6-9-19(10-7-13)17(23)14-8-11-20(18-14)15-4-2-3-5-16(15)21(24)25/h2-5,8,11-13,22H,6-7,9-10H2,1H3. The van der Waals surface area contributed by atoms with Crippen LogP contribution in [0.1, 0.15) is 30.3 Å². The Bertz CT molecular complexity index is 778. The Balaban J connectivity index is 1.76. The number of benzene rings is 1. The van der Waals surface area contributed by atoms with Gasteiger partial charge in [0.05, 0.1) is 11.0 Å². The molecule has 2 heterocycles. The minimum absolute atomic E-state index is 0.0673. The topological polar surface area (TPSA) is 102 Å². The quantitative estimate of drug-likeness (QED) is 0.675. The first kappa shape index (κ1) is 17.1. The molecule has 1 fully saturated rings. The number of likely N-dealkylation sites (tertiary alicyclic amines) is 1. The van der Waals surface area contributed by atoms with Crippen molar-refractivity contribution in [3.63, 3.8) is 0 Å². The summed E-state index contributed by atoms with van der Waals surface area (Å²) < 4.78 is 1.36. The number of para-hydroxylation sites is 2. The number of carbonyl (C=O) groups excluding carboxylic acids is 1. The molecule has 1 aromatic heterocycles. The smallest absolute Gasteiger partial charge is 0.294 e. The fourth-order valence-electron chi connectivity index (χ4n) is 3.13. The third-order valence-corrected chi connectivity index (χ3v) is 4.64. The van der Waals surface area contributed by atoms with Gasteiger partial charge in [-0.3, -0.25) is 14.9 Å². The first-order valence-corrected chi connectivity index (χ1v) is 8.24. The average molecular weight is 344 g/mol. The largest absolute Gasteiger partial charge is 0.393 e. The Labute approximate surface area is 144 Å². The molecule has 1 N–H and O–H groups in total. The van der Waals surface area contributed by atoms with Gasteiger partial charge >= 0.3 is 0 Å². The second-order valence-corrected chi connectivity index (χ2v) is 6.26. The fourth-order valence-corrected chi connectivity index (χ4v) is 3.13. The van der Waals surface area contributed by atoms with Gasteiger partial charge in [-0.2, -0.15) is 5.10 Å². The van der Waals surface area contributed by atoms with Crippen molar-refractivity contribution in [2.45, 2.75) is 25.9 Å². The van der Waals surface area contributed by atoms with Gasteiger partial charge < -0.3 is 10.0 Å². The number of aromatic nitrogens is 2. The van der Waals surface area contributed by atoms with Crippen LogP contribution in [-0.4, -0.2) is 49.8 Å². The number of nitro groups is 1. The van der Waals surface area contributed by atoms with Crippen molar-refractivity contribution in [2.75, 3.05) is 13.1 Å². The molecule has 8 heteroatoms. The maximum Gasteiger partial charge on any atom is 0.294 e. The van der Waals surface area contributed by atoms with Gasteiger partial charge in [-0.15, -0.1) is 0 Å². The van der Waals surface area contributed by atoms with E-state index in [-0.39, 0.29) is 29.3 Å². The number of hydrogen-bond acceptors (Lipinski definition) is 5. The molecule has 1 amide bonds. The van der Waals surface area contributed by atoms with Gasteiger partial charge in [0.15, 0.2) is 5.69 Å². The van der Waals surface area contributed by atoms with Gasteiger partial charge in [0.25, 0.3) is 11.6 Å². The molecule has 2 aromatic rings. The molecule has 8 nitrogen and oxygen atoms in total. The highest BCUT2D eigenvalue weighted by atomic mass is 16.6. The van der Waals surface area contributed by atoms with E-state index in [0.717, 1.165) is 12.8 Å². The van der Waals surface area contributed by atoms with E-state index in [9.17, 15) is 20.0 Å². The monoisotopic (exact) mass is 344 g/mol. The summed E-state index contributed by atoms with van der Waals surface area (Å²) >= 11 is 0. The fraction of sp³-hybridized carbons (Fsp3) is 0.412. The van der Waals surface area contributed by atoms with Gasteiger partial charge in [0, 0.05) is 25.4 Å². The van der Waals surface area contributed by atoms with E-state index in [1.807, 2.05) is 0 Å². The van der Waals surface area contributed by atoms with E-state index in [0.29, 0.717) is 18.8 Å². The molecule has 0 saturated carbocycles. The zero-order valence-corrected chi connectivity index (χ0v) is 13.9. The number of carbonyl (C=O) groups is 1. The Kier molecular flexibility index (Phi) is 4.80. The van der Waals surface area contributed by atoms with Crippen LogP contribution in [0.3, 0.4) is 0 Å². The maximum atomic E-state index is 12.6. The van der Waals surface area contributed by atoms with Crippen LogP contribution in [0.2, 0.25) is 0 Å². The van der Waals surface area contributed by atoms with Gasteiger partial charge in [0.2, 0.25) is 0 Å².